The number of aromatic nitrogens is 2. The topological polar surface area (TPSA) is 95.5 Å². The van der Waals surface area contributed by atoms with Crippen LogP contribution in [-0.2, 0) is 14.8 Å². The third-order valence-electron chi connectivity index (χ3n) is 3.47. The molecule has 8 nitrogen and oxygen atoms in total. The van der Waals surface area contributed by atoms with Crippen LogP contribution in [0.2, 0.25) is 0 Å². The molecule has 23 heavy (non-hydrogen) atoms. The van der Waals surface area contributed by atoms with E-state index in [1.807, 2.05) is 4.90 Å². The van der Waals surface area contributed by atoms with E-state index in [0.717, 1.165) is 6.41 Å². The lowest BCUT2D eigenvalue weighted by Crippen LogP contribution is -2.46. The molecule has 1 saturated heterocycles. The number of carbonyl (C=O) groups is 1. The highest BCUT2D eigenvalue weighted by molar-refractivity contribution is 7.93. The first-order chi connectivity index (χ1) is 11.1. The first-order valence-corrected chi connectivity index (χ1v) is 9.27. The van der Waals surface area contributed by atoms with Gasteiger partial charge in [0.05, 0.1) is 0 Å². The Morgan fingerprint density at radius 1 is 1.17 bits per heavy atom. The zero-order valence-electron chi connectivity index (χ0n) is 12.1. The van der Waals surface area contributed by atoms with E-state index in [4.69, 9.17) is 0 Å². The lowest BCUT2D eigenvalue weighted by atomic mass is 10.3. The molecule has 1 fully saturated rings. The largest absolute Gasteiger partial charge is 0.353 e. The molecule has 3 rings (SSSR count). The van der Waals surface area contributed by atoms with Gasteiger partial charge in [0.15, 0.2) is 5.13 Å². The Balaban J connectivity index is 1.71. The highest BCUT2D eigenvalue weighted by atomic mass is 32.2. The summed E-state index contributed by atoms with van der Waals surface area (Å²) in [6, 6.07) is 3.19. The number of piperazine rings is 1. The first kappa shape index (κ1) is 15.7. The molecule has 122 valence electrons. The van der Waals surface area contributed by atoms with Crippen LogP contribution in [0.4, 0.5) is 10.9 Å². The second-order valence-electron chi connectivity index (χ2n) is 4.92. The predicted octanol–water partition coefficient (Wildman–Crippen LogP) is 0.617. The first-order valence-electron chi connectivity index (χ1n) is 6.91. The third kappa shape index (κ3) is 3.59. The van der Waals surface area contributed by atoms with Gasteiger partial charge in [-0.05, 0) is 12.1 Å². The number of hydrogen-bond donors (Lipinski definition) is 1. The smallest absolute Gasteiger partial charge is 0.265 e. The Hall–Kier alpha value is -2.20. The molecule has 3 heterocycles. The third-order valence-corrected chi connectivity index (χ3v) is 5.61. The number of thiazole rings is 1. The molecule has 0 aromatic carbocycles. The van der Waals surface area contributed by atoms with Gasteiger partial charge in [-0.1, -0.05) is 0 Å². The number of sulfonamides is 1. The fraction of sp³-hybridized carbons (Fsp3) is 0.308. The highest BCUT2D eigenvalue weighted by Crippen LogP contribution is 2.19. The summed E-state index contributed by atoms with van der Waals surface area (Å²) < 4.78 is 26.9. The van der Waals surface area contributed by atoms with E-state index in [1.165, 1.54) is 29.8 Å². The van der Waals surface area contributed by atoms with Crippen LogP contribution in [0, 0.1) is 0 Å². The molecule has 2 aromatic heterocycles. The number of hydrogen-bond acceptors (Lipinski definition) is 7. The minimum atomic E-state index is -3.68. The van der Waals surface area contributed by atoms with Gasteiger partial charge >= 0.3 is 0 Å². The number of pyridine rings is 1. The molecule has 0 unspecified atom stereocenters. The van der Waals surface area contributed by atoms with Crippen LogP contribution in [0.25, 0.3) is 0 Å². The number of carbonyl (C=O) groups excluding carboxylic acids is 1. The van der Waals surface area contributed by atoms with Crippen LogP contribution in [0.1, 0.15) is 0 Å². The van der Waals surface area contributed by atoms with Crippen LogP contribution in [0.15, 0.2) is 34.8 Å². The van der Waals surface area contributed by atoms with E-state index in [9.17, 15) is 13.2 Å². The standard InChI is InChI=1S/C13H15N5O3S2/c19-10-17-4-6-18(7-5-17)12-2-1-11(9-15-12)23(20,21)16-13-14-3-8-22-13/h1-3,8-10H,4-7H2,(H,14,16). The minimum absolute atomic E-state index is 0.0861. The number of rotatable bonds is 5. The quantitative estimate of drug-likeness (QED) is 0.792. The molecule has 0 spiro atoms. The van der Waals surface area contributed by atoms with Crippen molar-refractivity contribution in [2.24, 2.45) is 0 Å². The van der Waals surface area contributed by atoms with E-state index in [0.29, 0.717) is 37.1 Å². The average molecular weight is 353 g/mol. The van der Waals surface area contributed by atoms with Crippen molar-refractivity contribution in [2.45, 2.75) is 4.90 Å². The predicted molar refractivity (Wildman–Crippen MR) is 87.0 cm³/mol. The van der Waals surface area contributed by atoms with E-state index in [2.05, 4.69) is 14.7 Å². The van der Waals surface area contributed by atoms with Crippen molar-refractivity contribution < 1.29 is 13.2 Å². The number of amides is 1. The van der Waals surface area contributed by atoms with Crippen molar-refractivity contribution in [1.82, 2.24) is 14.9 Å². The molecule has 10 heteroatoms. The maximum Gasteiger partial charge on any atom is 0.265 e. The molecule has 1 amide bonds. The van der Waals surface area contributed by atoms with Gasteiger partial charge in [-0.15, -0.1) is 11.3 Å². The monoisotopic (exact) mass is 353 g/mol. The summed E-state index contributed by atoms with van der Waals surface area (Å²) in [5.41, 5.74) is 0. The molecule has 1 aliphatic heterocycles. The van der Waals surface area contributed by atoms with Crippen LogP contribution in [-0.4, -0.2) is 55.9 Å². The molecular weight excluding hydrogens is 338 g/mol. The maximum absolute atomic E-state index is 12.2. The van der Waals surface area contributed by atoms with Gasteiger partial charge in [0.1, 0.15) is 10.7 Å². The molecule has 0 saturated carbocycles. The molecule has 0 bridgehead atoms. The van der Waals surface area contributed by atoms with E-state index in [1.54, 1.807) is 16.3 Å². The summed E-state index contributed by atoms with van der Waals surface area (Å²) in [7, 11) is -3.68. The summed E-state index contributed by atoms with van der Waals surface area (Å²) >= 11 is 1.21. The van der Waals surface area contributed by atoms with Crippen molar-refractivity contribution in [3.63, 3.8) is 0 Å². The average Bonchev–Trinajstić information content (AvgIpc) is 3.07. The van der Waals surface area contributed by atoms with Gasteiger partial charge in [-0.3, -0.25) is 9.52 Å². The van der Waals surface area contributed by atoms with Gasteiger partial charge in [0.2, 0.25) is 6.41 Å². The van der Waals surface area contributed by atoms with Crippen LogP contribution < -0.4 is 9.62 Å². The second kappa shape index (κ2) is 6.50. The highest BCUT2D eigenvalue weighted by Gasteiger charge is 2.19. The molecule has 0 aliphatic carbocycles. The Labute approximate surface area is 137 Å². The van der Waals surface area contributed by atoms with E-state index in [-0.39, 0.29) is 4.90 Å². The lowest BCUT2D eigenvalue weighted by molar-refractivity contribution is -0.118. The summed E-state index contributed by atoms with van der Waals surface area (Å²) in [6.07, 6.45) is 3.70. The van der Waals surface area contributed by atoms with Crippen molar-refractivity contribution in [3.8, 4) is 0 Å². The van der Waals surface area contributed by atoms with Gasteiger partial charge in [-0.2, -0.15) is 0 Å². The van der Waals surface area contributed by atoms with Crippen molar-refractivity contribution in [3.05, 3.63) is 29.9 Å². The normalized spacial score (nSPS) is 15.5. The SMILES string of the molecule is O=CN1CCN(c2ccc(S(=O)(=O)Nc3nccs3)cn2)CC1. The Kier molecular flexibility index (Phi) is 4.44. The molecule has 0 atom stereocenters. The molecular formula is C13H15N5O3S2. The lowest BCUT2D eigenvalue weighted by Gasteiger charge is -2.33. The summed E-state index contributed by atoms with van der Waals surface area (Å²) in [6.45, 7) is 2.62. The molecule has 2 aromatic rings. The Morgan fingerprint density at radius 2 is 1.96 bits per heavy atom. The summed E-state index contributed by atoms with van der Waals surface area (Å²) in [5.74, 6) is 0.698. The van der Waals surface area contributed by atoms with E-state index >= 15 is 0 Å². The fourth-order valence-electron chi connectivity index (χ4n) is 2.22. The Bertz CT molecular complexity index is 753. The van der Waals surface area contributed by atoms with Crippen LogP contribution >= 0.6 is 11.3 Å². The number of anilines is 2. The molecule has 0 radical (unpaired) electrons. The minimum Gasteiger partial charge on any atom is -0.353 e. The van der Waals surface area contributed by atoms with Gasteiger partial charge < -0.3 is 9.80 Å². The van der Waals surface area contributed by atoms with Crippen LogP contribution in [0.3, 0.4) is 0 Å². The second-order valence-corrected chi connectivity index (χ2v) is 7.50. The Morgan fingerprint density at radius 3 is 2.52 bits per heavy atom. The molecule has 1 aliphatic rings. The zero-order chi connectivity index (χ0) is 16.3. The van der Waals surface area contributed by atoms with Crippen LogP contribution in [0.5, 0.6) is 0 Å². The van der Waals surface area contributed by atoms with Gasteiger partial charge in [0, 0.05) is 44.0 Å². The van der Waals surface area contributed by atoms with Gasteiger partial charge in [0.25, 0.3) is 10.0 Å². The van der Waals surface area contributed by atoms with E-state index < -0.39 is 10.0 Å². The zero-order valence-corrected chi connectivity index (χ0v) is 13.8. The summed E-state index contributed by atoms with van der Waals surface area (Å²) in [5, 5.41) is 2.01. The number of nitrogens with zero attached hydrogens (tertiary/aromatic N) is 4. The number of nitrogens with one attached hydrogen (secondary N) is 1. The van der Waals surface area contributed by atoms with Crippen molar-refractivity contribution in [2.75, 3.05) is 35.8 Å². The van der Waals surface area contributed by atoms with Gasteiger partial charge in [-0.25, -0.2) is 18.4 Å². The summed E-state index contributed by atoms with van der Waals surface area (Å²) in [4.78, 5) is 22.6. The molecule has 1 N–H and O–H groups in total. The van der Waals surface area contributed by atoms with Crippen molar-refractivity contribution >= 4 is 38.7 Å². The fourth-order valence-corrected chi connectivity index (χ4v) is 3.96. The maximum atomic E-state index is 12.2. The van der Waals surface area contributed by atoms with Crippen molar-refractivity contribution in [1.29, 1.82) is 0 Å².